The Hall–Kier alpha value is -2.74. The van der Waals surface area contributed by atoms with Crippen molar-refractivity contribution in [3.63, 3.8) is 0 Å². The predicted molar refractivity (Wildman–Crippen MR) is 75.7 cm³/mol. The summed E-state index contributed by atoms with van der Waals surface area (Å²) in [4.78, 5) is 0. The van der Waals surface area contributed by atoms with E-state index in [1.165, 1.54) is 12.1 Å². The smallest absolute Gasteiger partial charge is 0.231 e. The summed E-state index contributed by atoms with van der Waals surface area (Å²) in [6.07, 6.45) is 0. The Bertz CT molecular complexity index is 725. The molecular formula is C16H13FN2O2. The molecule has 0 bridgehead atoms. The normalized spacial score (nSPS) is 13.6. The molecule has 1 atom stereocenters. The van der Waals surface area contributed by atoms with E-state index in [9.17, 15) is 4.39 Å². The van der Waals surface area contributed by atoms with Crippen molar-refractivity contribution < 1.29 is 13.9 Å². The fraction of sp³-hybridized carbons (Fsp3) is 0.188. The van der Waals surface area contributed by atoms with Crippen LogP contribution in [0.15, 0.2) is 36.4 Å². The number of anilines is 1. The molecule has 2 aromatic carbocycles. The maximum Gasteiger partial charge on any atom is 0.231 e. The third-order valence-electron chi connectivity index (χ3n) is 3.37. The Labute approximate surface area is 121 Å². The first-order valence-corrected chi connectivity index (χ1v) is 6.53. The van der Waals surface area contributed by atoms with Crippen LogP contribution in [0.1, 0.15) is 24.1 Å². The van der Waals surface area contributed by atoms with Gasteiger partial charge in [-0.25, -0.2) is 4.39 Å². The molecule has 1 heterocycles. The van der Waals surface area contributed by atoms with Gasteiger partial charge in [0, 0.05) is 11.7 Å². The highest BCUT2D eigenvalue weighted by Gasteiger charge is 2.16. The van der Waals surface area contributed by atoms with E-state index in [1.807, 2.05) is 31.2 Å². The van der Waals surface area contributed by atoms with Gasteiger partial charge in [0.15, 0.2) is 11.5 Å². The Balaban J connectivity index is 1.80. The molecule has 0 aliphatic carbocycles. The fourth-order valence-electron chi connectivity index (χ4n) is 2.22. The van der Waals surface area contributed by atoms with Crippen LogP contribution in [0.4, 0.5) is 10.1 Å². The summed E-state index contributed by atoms with van der Waals surface area (Å²) >= 11 is 0. The van der Waals surface area contributed by atoms with Gasteiger partial charge in [0.2, 0.25) is 6.79 Å². The highest BCUT2D eigenvalue weighted by atomic mass is 19.1. The molecule has 1 unspecified atom stereocenters. The summed E-state index contributed by atoms with van der Waals surface area (Å²) in [5.41, 5.74) is 1.73. The summed E-state index contributed by atoms with van der Waals surface area (Å²) in [7, 11) is 0. The first-order valence-electron chi connectivity index (χ1n) is 6.53. The maximum absolute atomic E-state index is 13.3. The second kappa shape index (κ2) is 5.33. The Morgan fingerprint density at radius 1 is 1.19 bits per heavy atom. The fourth-order valence-corrected chi connectivity index (χ4v) is 2.22. The zero-order valence-electron chi connectivity index (χ0n) is 11.4. The van der Waals surface area contributed by atoms with Crippen LogP contribution in [0.3, 0.4) is 0 Å². The molecule has 1 N–H and O–H groups in total. The summed E-state index contributed by atoms with van der Waals surface area (Å²) < 4.78 is 23.9. The summed E-state index contributed by atoms with van der Waals surface area (Å²) in [5, 5.41) is 12.1. The lowest BCUT2D eigenvalue weighted by Gasteiger charge is -2.16. The van der Waals surface area contributed by atoms with Crippen molar-refractivity contribution in [1.29, 1.82) is 5.26 Å². The van der Waals surface area contributed by atoms with Gasteiger partial charge in [0.25, 0.3) is 0 Å². The molecule has 0 spiro atoms. The van der Waals surface area contributed by atoms with Gasteiger partial charge in [-0.05, 0) is 42.8 Å². The number of hydrogen-bond acceptors (Lipinski definition) is 4. The van der Waals surface area contributed by atoms with Crippen molar-refractivity contribution in [2.45, 2.75) is 13.0 Å². The van der Waals surface area contributed by atoms with Crippen LogP contribution < -0.4 is 14.8 Å². The highest BCUT2D eigenvalue weighted by Crippen LogP contribution is 2.34. The van der Waals surface area contributed by atoms with E-state index in [4.69, 9.17) is 14.7 Å². The van der Waals surface area contributed by atoms with Gasteiger partial charge >= 0.3 is 0 Å². The number of nitrogens with zero attached hydrogens (tertiary/aromatic N) is 1. The van der Waals surface area contributed by atoms with E-state index in [0.717, 1.165) is 17.1 Å². The first-order chi connectivity index (χ1) is 10.2. The van der Waals surface area contributed by atoms with Crippen LogP contribution >= 0.6 is 0 Å². The molecular weight excluding hydrogens is 271 g/mol. The molecule has 0 saturated carbocycles. The monoisotopic (exact) mass is 284 g/mol. The Kier molecular flexibility index (Phi) is 3.36. The number of nitrogens with one attached hydrogen (secondary N) is 1. The molecule has 0 radical (unpaired) electrons. The molecule has 0 aromatic heterocycles. The predicted octanol–water partition coefficient (Wildman–Crippen LogP) is 3.60. The zero-order chi connectivity index (χ0) is 14.8. The molecule has 0 fully saturated rings. The number of nitriles is 1. The Morgan fingerprint density at radius 2 is 2.00 bits per heavy atom. The van der Waals surface area contributed by atoms with Gasteiger partial charge < -0.3 is 14.8 Å². The molecule has 0 saturated heterocycles. The minimum Gasteiger partial charge on any atom is -0.454 e. The summed E-state index contributed by atoms with van der Waals surface area (Å²) in [6.45, 7) is 2.22. The second-order valence-corrected chi connectivity index (χ2v) is 4.79. The minimum absolute atomic E-state index is 0.0171. The number of hydrogen-bond donors (Lipinski definition) is 1. The van der Waals surface area contributed by atoms with Crippen LogP contribution in [0.5, 0.6) is 11.5 Å². The van der Waals surface area contributed by atoms with Crippen molar-refractivity contribution in [3.8, 4) is 17.6 Å². The maximum atomic E-state index is 13.3. The van der Waals surface area contributed by atoms with Crippen molar-refractivity contribution in [2.24, 2.45) is 0 Å². The van der Waals surface area contributed by atoms with E-state index in [2.05, 4.69) is 5.32 Å². The SMILES string of the molecule is CC(Nc1ccc(F)c(C#N)c1)c1ccc2c(c1)OCO2. The lowest BCUT2D eigenvalue weighted by molar-refractivity contribution is 0.174. The van der Waals surface area contributed by atoms with Crippen LogP contribution in [0, 0.1) is 17.1 Å². The van der Waals surface area contributed by atoms with Gasteiger partial charge in [-0.15, -0.1) is 0 Å². The quantitative estimate of drug-likeness (QED) is 0.935. The van der Waals surface area contributed by atoms with Crippen molar-refractivity contribution >= 4 is 5.69 Å². The number of fused-ring (bicyclic) bond motifs is 1. The topological polar surface area (TPSA) is 54.3 Å². The second-order valence-electron chi connectivity index (χ2n) is 4.79. The average molecular weight is 284 g/mol. The Morgan fingerprint density at radius 3 is 2.81 bits per heavy atom. The van der Waals surface area contributed by atoms with Gasteiger partial charge in [-0.2, -0.15) is 5.26 Å². The third kappa shape index (κ3) is 2.61. The van der Waals surface area contributed by atoms with Crippen molar-refractivity contribution in [1.82, 2.24) is 0 Å². The minimum atomic E-state index is -0.515. The molecule has 1 aliphatic heterocycles. The van der Waals surface area contributed by atoms with Gasteiger partial charge in [-0.1, -0.05) is 6.07 Å². The van der Waals surface area contributed by atoms with E-state index in [0.29, 0.717) is 5.69 Å². The van der Waals surface area contributed by atoms with Crippen molar-refractivity contribution in [2.75, 3.05) is 12.1 Å². The van der Waals surface area contributed by atoms with Crippen LogP contribution in [-0.4, -0.2) is 6.79 Å². The zero-order valence-corrected chi connectivity index (χ0v) is 11.4. The van der Waals surface area contributed by atoms with Gasteiger partial charge in [0.1, 0.15) is 11.9 Å². The lowest BCUT2D eigenvalue weighted by Crippen LogP contribution is -2.07. The standard InChI is InChI=1S/C16H13FN2O2/c1-10(11-2-5-15-16(7-11)21-9-20-15)19-13-3-4-14(17)12(6-13)8-18/h2-7,10,19H,9H2,1H3. The first kappa shape index (κ1) is 13.3. The highest BCUT2D eigenvalue weighted by molar-refractivity contribution is 5.52. The van der Waals surface area contributed by atoms with Gasteiger partial charge in [0.05, 0.1) is 5.56 Å². The average Bonchev–Trinajstić information content (AvgIpc) is 2.96. The van der Waals surface area contributed by atoms with E-state index in [-0.39, 0.29) is 18.4 Å². The number of ether oxygens (including phenoxy) is 2. The van der Waals surface area contributed by atoms with Crippen LogP contribution in [0.25, 0.3) is 0 Å². The number of benzene rings is 2. The molecule has 1 aliphatic rings. The molecule has 106 valence electrons. The molecule has 3 rings (SSSR count). The molecule has 2 aromatic rings. The lowest BCUT2D eigenvalue weighted by atomic mass is 10.1. The van der Waals surface area contributed by atoms with Crippen LogP contribution in [-0.2, 0) is 0 Å². The molecule has 0 amide bonds. The molecule has 4 nitrogen and oxygen atoms in total. The third-order valence-corrected chi connectivity index (χ3v) is 3.37. The van der Waals surface area contributed by atoms with E-state index in [1.54, 1.807) is 6.07 Å². The summed E-state index contributed by atoms with van der Waals surface area (Å²) in [6, 6.07) is 11.9. The van der Waals surface area contributed by atoms with Crippen LogP contribution in [0.2, 0.25) is 0 Å². The number of halogens is 1. The largest absolute Gasteiger partial charge is 0.454 e. The number of rotatable bonds is 3. The summed E-state index contributed by atoms with van der Waals surface area (Å²) in [5.74, 6) is 0.941. The van der Waals surface area contributed by atoms with Gasteiger partial charge in [-0.3, -0.25) is 0 Å². The van der Waals surface area contributed by atoms with E-state index < -0.39 is 5.82 Å². The molecule has 21 heavy (non-hydrogen) atoms. The molecule has 5 heteroatoms. The van der Waals surface area contributed by atoms with Crippen molar-refractivity contribution in [3.05, 3.63) is 53.3 Å². The van der Waals surface area contributed by atoms with E-state index >= 15 is 0 Å².